The SMILES string of the molecule is CNC(C)c1cnn(CC(=O)N(C)C(C)C)c1. The lowest BCUT2D eigenvalue weighted by Gasteiger charge is -2.21. The van der Waals surface area contributed by atoms with Crippen molar-refractivity contribution in [2.24, 2.45) is 0 Å². The van der Waals surface area contributed by atoms with Crippen LogP contribution in [-0.2, 0) is 11.3 Å². The normalized spacial score (nSPS) is 12.8. The van der Waals surface area contributed by atoms with E-state index >= 15 is 0 Å². The van der Waals surface area contributed by atoms with Crippen LogP contribution in [0.3, 0.4) is 0 Å². The minimum Gasteiger partial charge on any atom is -0.342 e. The van der Waals surface area contributed by atoms with E-state index in [1.54, 1.807) is 15.8 Å². The molecule has 0 aliphatic carbocycles. The fourth-order valence-electron chi connectivity index (χ4n) is 1.39. The Kier molecular flexibility index (Phi) is 4.69. The Balaban J connectivity index is 2.63. The van der Waals surface area contributed by atoms with Gasteiger partial charge in [-0.2, -0.15) is 5.10 Å². The first-order valence-electron chi connectivity index (χ1n) is 5.91. The Labute approximate surface area is 103 Å². The quantitative estimate of drug-likeness (QED) is 0.833. The number of nitrogens with zero attached hydrogens (tertiary/aromatic N) is 3. The molecular weight excluding hydrogens is 216 g/mol. The molecule has 0 saturated carbocycles. The standard InChI is InChI=1S/C12H22N4O/c1-9(2)15(5)12(17)8-16-7-11(6-14-16)10(3)13-4/h6-7,9-10,13H,8H2,1-5H3. The predicted molar refractivity (Wildman–Crippen MR) is 67.6 cm³/mol. The van der Waals surface area contributed by atoms with Crippen LogP contribution in [0.1, 0.15) is 32.4 Å². The third kappa shape index (κ3) is 3.56. The van der Waals surface area contributed by atoms with E-state index in [1.165, 1.54) is 0 Å². The summed E-state index contributed by atoms with van der Waals surface area (Å²) in [6.45, 7) is 6.35. The highest BCUT2D eigenvalue weighted by Crippen LogP contribution is 2.10. The van der Waals surface area contributed by atoms with Crippen molar-refractivity contribution >= 4 is 5.91 Å². The Morgan fingerprint density at radius 2 is 2.18 bits per heavy atom. The summed E-state index contributed by atoms with van der Waals surface area (Å²) in [4.78, 5) is 13.6. The van der Waals surface area contributed by atoms with Gasteiger partial charge in [0.25, 0.3) is 0 Å². The molecule has 0 bridgehead atoms. The molecule has 1 heterocycles. The number of carbonyl (C=O) groups excluding carboxylic acids is 1. The van der Waals surface area contributed by atoms with E-state index in [9.17, 15) is 4.79 Å². The number of rotatable bonds is 5. The lowest BCUT2D eigenvalue weighted by molar-refractivity contribution is -0.132. The number of nitrogens with one attached hydrogen (secondary N) is 1. The van der Waals surface area contributed by atoms with Crippen LogP contribution in [-0.4, -0.2) is 40.7 Å². The van der Waals surface area contributed by atoms with Gasteiger partial charge in [0.2, 0.25) is 5.91 Å². The zero-order chi connectivity index (χ0) is 13.0. The van der Waals surface area contributed by atoms with Crippen LogP contribution < -0.4 is 5.32 Å². The topological polar surface area (TPSA) is 50.2 Å². The molecule has 0 aromatic carbocycles. The highest BCUT2D eigenvalue weighted by molar-refractivity contribution is 5.75. The lowest BCUT2D eigenvalue weighted by Crippen LogP contribution is -2.35. The largest absolute Gasteiger partial charge is 0.342 e. The molecule has 1 aromatic rings. The van der Waals surface area contributed by atoms with Gasteiger partial charge in [-0.1, -0.05) is 0 Å². The maximum atomic E-state index is 11.9. The lowest BCUT2D eigenvalue weighted by atomic mass is 10.2. The summed E-state index contributed by atoms with van der Waals surface area (Å²) in [6.07, 6.45) is 3.71. The van der Waals surface area contributed by atoms with Gasteiger partial charge >= 0.3 is 0 Å². The second-order valence-electron chi connectivity index (χ2n) is 4.58. The van der Waals surface area contributed by atoms with Crippen molar-refractivity contribution in [3.8, 4) is 0 Å². The molecule has 0 spiro atoms. The third-order valence-corrected chi connectivity index (χ3v) is 3.05. The van der Waals surface area contributed by atoms with Crippen molar-refractivity contribution in [1.29, 1.82) is 0 Å². The minimum absolute atomic E-state index is 0.0757. The highest BCUT2D eigenvalue weighted by atomic mass is 16.2. The fraction of sp³-hybridized carbons (Fsp3) is 0.667. The summed E-state index contributed by atoms with van der Waals surface area (Å²) >= 11 is 0. The molecule has 1 N–H and O–H groups in total. The second-order valence-corrected chi connectivity index (χ2v) is 4.58. The molecule has 1 unspecified atom stereocenters. The summed E-state index contributed by atoms with van der Waals surface area (Å²) in [5, 5.41) is 7.34. The monoisotopic (exact) mass is 238 g/mol. The fourth-order valence-corrected chi connectivity index (χ4v) is 1.39. The van der Waals surface area contributed by atoms with Gasteiger partial charge in [-0.05, 0) is 27.8 Å². The van der Waals surface area contributed by atoms with Gasteiger partial charge in [0.15, 0.2) is 0 Å². The van der Waals surface area contributed by atoms with Crippen LogP contribution in [0.2, 0.25) is 0 Å². The van der Waals surface area contributed by atoms with Crippen LogP contribution in [0.15, 0.2) is 12.4 Å². The van der Waals surface area contributed by atoms with E-state index in [2.05, 4.69) is 17.3 Å². The van der Waals surface area contributed by atoms with Gasteiger partial charge in [-0.25, -0.2) is 0 Å². The average Bonchev–Trinajstić information content (AvgIpc) is 2.75. The summed E-state index contributed by atoms with van der Waals surface area (Å²) in [5.74, 6) is 0.0757. The first-order valence-corrected chi connectivity index (χ1v) is 5.91. The van der Waals surface area contributed by atoms with Crippen LogP contribution in [0.5, 0.6) is 0 Å². The van der Waals surface area contributed by atoms with E-state index in [1.807, 2.05) is 34.1 Å². The van der Waals surface area contributed by atoms with Gasteiger partial charge in [-0.15, -0.1) is 0 Å². The van der Waals surface area contributed by atoms with Gasteiger partial charge in [0, 0.05) is 30.9 Å². The van der Waals surface area contributed by atoms with Crippen molar-refractivity contribution in [3.63, 3.8) is 0 Å². The smallest absolute Gasteiger partial charge is 0.244 e. The Morgan fingerprint density at radius 1 is 1.53 bits per heavy atom. The number of aromatic nitrogens is 2. The number of hydrogen-bond acceptors (Lipinski definition) is 3. The highest BCUT2D eigenvalue weighted by Gasteiger charge is 2.13. The van der Waals surface area contributed by atoms with Crippen molar-refractivity contribution in [2.45, 2.75) is 39.4 Å². The van der Waals surface area contributed by atoms with E-state index in [4.69, 9.17) is 0 Å². The molecule has 0 fully saturated rings. The zero-order valence-corrected chi connectivity index (χ0v) is 11.3. The van der Waals surface area contributed by atoms with Crippen molar-refractivity contribution in [1.82, 2.24) is 20.0 Å². The summed E-state index contributed by atoms with van der Waals surface area (Å²) in [7, 11) is 3.72. The first-order chi connectivity index (χ1) is 7.95. The molecule has 17 heavy (non-hydrogen) atoms. The van der Waals surface area contributed by atoms with Gasteiger partial charge < -0.3 is 10.2 Å². The van der Waals surface area contributed by atoms with E-state index in [0.29, 0.717) is 6.54 Å². The van der Waals surface area contributed by atoms with Gasteiger partial charge in [-0.3, -0.25) is 9.48 Å². The number of amides is 1. The van der Waals surface area contributed by atoms with Crippen LogP contribution in [0.4, 0.5) is 0 Å². The zero-order valence-electron chi connectivity index (χ0n) is 11.3. The minimum atomic E-state index is 0.0757. The average molecular weight is 238 g/mol. The molecule has 0 aliphatic heterocycles. The van der Waals surface area contributed by atoms with E-state index in [-0.39, 0.29) is 18.0 Å². The number of hydrogen-bond donors (Lipinski definition) is 1. The van der Waals surface area contributed by atoms with Crippen molar-refractivity contribution in [2.75, 3.05) is 14.1 Å². The third-order valence-electron chi connectivity index (χ3n) is 3.05. The predicted octanol–water partition coefficient (Wildman–Crippen LogP) is 1.03. The van der Waals surface area contributed by atoms with Crippen molar-refractivity contribution in [3.05, 3.63) is 18.0 Å². The Morgan fingerprint density at radius 3 is 2.71 bits per heavy atom. The molecule has 0 radical (unpaired) electrons. The molecule has 5 heteroatoms. The van der Waals surface area contributed by atoms with E-state index < -0.39 is 0 Å². The summed E-state index contributed by atoms with van der Waals surface area (Å²) in [6, 6.07) is 0.468. The maximum Gasteiger partial charge on any atom is 0.244 e. The van der Waals surface area contributed by atoms with E-state index in [0.717, 1.165) is 5.56 Å². The van der Waals surface area contributed by atoms with Gasteiger partial charge in [0.1, 0.15) is 6.54 Å². The summed E-state index contributed by atoms with van der Waals surface area (Å²) in [5.41, 5.74) is 1.09. The molecular formula is C12H22N4O. The molecule has 1 atom stereocenters. The number of likely N-dealkylation sites (N-methyl/N-ethyl adjacent to an activating group) is 1. The molecule has 5 nitrogen and oxygen atoms in total. The molecule has 1 amide bonds. The Bertz CT molecular complexity index is 372. The molecule has 0 saturated heterocycles. The Hall–Kier alpha value is -1.36. The van der Waals surface area contributed by atoms with Crippen molar-refractivity contribution < 1.29 is 4.79 Å². The second kappa shape index (κ2) is 5.82. The first kappa shape index (κ1) is 13.7. The maximum absolute atomic E-state index is 11.9. The van der Waals surface area contributed by atoms with Crippen LogP contribution >= 0.6 is 0 Å². The van der Waals surface area contributed by atoms with Crippen LogP contribution in [0.25, 0.3) is 0 Å². The molecule has 0 aliphatic rings. The molecule has 1 rings (SSSR count). The van der Waals surface area contributed by atoms with Gasteiger partial charge in [0.05, 0.1) is 6.20 Å². The number of carbonyl (C=O) groups is 1. The summed E-state index contributed by atoms with van der Waals surface area (Å²) < 4.78 is 1.68. The molecule has 96 valence electrons. The van der Waals surface area contributed by atoms with Crippen LogP contribution in [0, 0.1) is 0 Å². The molecule has 1 aromatic heterocycles.